The molecule has 0 bridgehead atoms. The largest absolute Gasteiger partial charge is 0.342 e. The molecular weight excluding hydrogens is 296 g/mol. The van der Waals surface area contributed by atoms with E-state index in [1.807, 2.05) is 0 Å². The normalized spacial score (nSPS) is 35.0. The Morgan fingerprint density at radius 1 is 0.955 bits per heavy atom. The molecule has 3 aliphatic rings. The Balaban J connectivity index is 0.00000176. The van der Waals surface area contributed by atoms with Crippen molar-refractivity contribution in [3.05, 3.63) is 0 Å². The van der Waals surface area contributed by atoms with E-state index in [-0.39, 0.29) is 23.9 Å². The van der Waals surface area contributed by atoms with Crippen LogP contribution in [0.5, 0.6) is 0 Å². The smallest absolute Gasteiger partial charge is 0.227 e. The Hall–Kier alpha value is -0.280. The third-order valence-electron chi connectivity index (χ3n) is 6.60. The molecule has 1 saturated heterocycles. The summed E-state index contributed by atoms with van der Waals surface area (Å²) in [5.41, 5.74) is 6.71. The van der Waals surface area contributed by atoms with Crippen LogP contribution in [0.1, 0.15) is 77.6 Å². The number of rotatable bonds is 1. The Morgan fingerprint density at radius 2 is 1.55 bits per heavy atom. The molecular formula is C18H33ClN2O. The molecule has 2 N–H and O–H groups in total. The molecule has 3 rings (SSSR count). The van der Waals surface area contributed by atoms with Crippen molar-refractivity contribution in [2.24, 2.45) is 17.1 Å². The number of nitrogens with two attached hydrogens (primary N) is 1. The van der Waals surface area contributed by atoms with Crippen LogP contribution in [-0.2, 0) is 4.79 Å². The molecule has 22 heavy (non-hydrogen) atoms. The lowest BCUT2D eigenvalue weighted by Crippen LogP contribution is -2.55. The summed E-state index contributed by atoms with van der Waals surface area (Å²) in [5, 5.41) is 0. The van der Waals surface area contributed by atoms with Crippen LogP contribution < -0.4 is 5.73 Å². The number of halogens is 1. The number of carbonyl (C=O) groups is 1. The van der Waals surface area contributed by atoms with Crippen molar-refractivity contribution in [1.82, 2.24) is 4.90 Å². The average molecular weight is 329 g/mol. The summed E-state index contributed by atoms with van der Waals surface area (Å²) in [6.07, 6.45) is 13.8. The molecule has 1 amide bonds. The van der Waals surface area contributed by atoms with Gasteiger partial charge in [-0.1, -0.05) is 32.1 Å². The molecule has 0 aromatic carbocycles. The van der Waals surface area contributed by atoms with E-state index in [0.717, 1.165) is 25.9 Å². The van der Waals surface area contributed by atoms with Gasteiger partial charge in [0.05, 0.1) is 5.92 Å². The molecule has 0 aromatic heterocycles. The molecule has 3 nitrogen and oxygen atoms in total. The summed E-state index contributed by atoms with van der Waals surface area (Å²) in [5.74, 6) is 0.414. The van der Waals surface area contributed by atoms with Crippen LogP contribution in [-0.4, -0.2) is 29.4 Å². The van der Waals surface area contributed by atoms with Gasteiger partial charge in [0.25, 0.3) is 0 Å². The van der Waals surface area contributed by atoms with E-state index < -0.39 is 0 Å². The van der Waals surface area contributed by atoms with Crippen LogP contribution >= 0.6 is 12.4 Å². The minimum atomic E-state index is -0.282. The molecule has 128 valence electrons. The highest BCUT2D eigenvalue weighted by molar-refractivity contribution is 5.85. The van der Waals surface area contributed by atoms with Gasteiger partial charge in [-0.2, -0.15) is 0 Å². The zero-order chi connectivity index (χ0) is 14.9. The zero-order valence-corrected chi connectivity index (χ0v) is 14.9. The third kappa shape index (κ3) is 3.62. The summed E-state index contributed by atoms with van der Waals surface area (Å²) in [6.45, 7) is 4.04. The van der Waals surface area contributed by atoms with Gasteiger partial charge in [-0.05, 0) is 50.9 Å². The van der Waals surface area contributed by atoms with Crippen LogP contribution in [0.4, 0.5) is 0 Å². The van der Waals surface area contributed by atoms with Gasteiger partial charge >= 0.3 is 0 Å². The molecule has 0 aromatic rings. The third-order valence-corrected chi connectivity index (χ3v) is 6.60. The van der Waals surface area contributed by atoms with Crippen molar-refractivity contribution < 1.29 is 4.79 Å². The van der Waals surface area contributed by atoms with Gasteiger partial charge in [-0.25, -0.2) is 0 Å². The van der Waals surface area contributed by atoms with Crippen LogP contribution in [0, 0.1) is 11.3 Å². The molecule has 3 fully saturated rings. The first-order valence-corrected chi connectivity index (χ1v) is 9.10. The highest BCUT2D eigenvalue weighted by Crippen LogP contribution is 2.45. The predicted octanol–water partition coefficient (Wildman–Crippen LogP) is 3.89. The fourth-order valence-electron chi connectivity index (χ4n) is 4.99. The number of nitrogens with zero attached hydrogens (tertiary/aromatic N) is 1. The summed E-state index contributed by atoms with van der Waals surface area (Å²) in [4.78, 5) is 15.0. The minimum Gasteiger partial charge on any atom is -0.342 e. The van der Waals surface area contributed by atoms with Crippen LogP contribution in [0.25, 0.3) is 0 Å². The summed E-state index contributed by atoms with van der Waals surface area (Å²) in [7, 11) is 0. The molecule has 1 aliphatic heterocycles. The second-order valence-corrected chi connectivity index (χ2v) is 8.19. The highest BCUT2D eigenvalue weighted by Gasteiger charge is 2.42. The topological polar surface area (TPSA) is 46.3 Å². The van der Waals surface area contributed by atoms with Gasteiger partial charge in [0.15, 0.2) is 0 Å². The van der Waals surface area contributed by atoms with Crippen molar-refractivity contribution in [2.75, 3.05) is 13.1 Å². The van der Waals surface area contributed by atoms with Crippen LogP contribution in [0.3, 0.4) is 0 Å². The van der Waals surface area contributed by atoms with Crippen molar-refractivity contribution >= 4 is 18.3 Å². The summed E-state index contributed by atoms with van der Waals surface area (Å²) < 4.78 is 0. The second-order valence-electron chi connectivity index (χ2n) is 8.19. The van der Waals surface area contributed by atoms with E-state index in [2.05, 4.69) is 11.8 Å². The number of likely N-dealkylation sites (tertiary alicyclic amines) is 1. The van der Waals surface area contributed by atoms with Crippen molar-refractivity contribution in [2.45, 2.75) is 83.1 Å². The number of piperidine rings is 1. The quantitative estimate of drug-likeness (QED) is 0.793. The lowest BCUT2D eigenvalue weighted by Gasteiger charge is -2.46. The second kappa shape index (κ2) is 7.09. The minimum absolute atomic E-state index is 0. The Bertz CT molecular complexity index is 381. The highest BCUT2D eigenvalue weighted by atomic mass is 35.5. The SMILES string of the molecule is CC1(N)CCCCC1C(=O)N1CCC2(CCCCC2)CC1.Cl. The standard InChI is InChI=1S/C18H32N2O.ClH/c1-17(19)8-6-3-7-15(17)16(21)20-13-11-18(12-14-20)9-4-2-5-10-18;/h15H,2-14,19H2,1H3;1H. The van der Waals surface area contributed by atoms with Gasteiger partial charge in [0.1, 0.15) is 0 Å². The maximum Gasteiger partial charge on any atom is 0.227 e. The van der Waals surface area contributed by atoms with Crippen LogP contribution in [0.2, 0.25) is 0 Å². The monoisotopic (exact) mass is 328 g/mol. The van der Waals surface area contributed by atoms with Crippen molar-refractivity contribution in [1.29, 1.82) is 0 Å². The first-order valence-electron chi connectivity index (χ1n) is 9.10. The molecule has 2 atom stereocenters. The van der Waals surface area contributed by atoms with Crippen molar-refractivity contribution in [3.8, 4) is 0 Å². The Labute approximate surface area is 141 Å². The molecule has 4 heteroatoms. The number of hydrogen-bond acceptors (Lipinski definition) is 2. The molecule has 1 spiro atoms. The number of carbonyl (C=O) groups excluding carboxylic acids is 1. The van der Waals surface area contributed by atoms with Crippen molar-refractivity contribution in [3.63, 3.8) is 0 Å². The fourth-order valence-corrected chi connectivity index (χ4v) is 4.99. The molecule has 1 heterocycles. The molecule has 2 saturated carbocycles. The first kappa shape index (κ1) is 18.1. The van der Waals surface area contributed by atoms with E-state index in [1.165, 1.54) is 57.8 Å². The number of amides is 1. The predicted molar refractivity (Wildman–Crippen MR) is 93.1 cm³/mol. The Kier molecular flexibility index (Phi) is 5.82. The summed E-state index contributed by atoms with van der Waals surface area (Å²) >= 11 is 0. The lowest BCUT2D eigenvalue weighted by atomic mass is 9.67. The van der Waals surface area contributed by atoms with E-state index in [1.54, 1.807) is 0 Å². The maximum absolute atomic E-state index is 12.9. The van der Waals surface area contributed by atoms with Gasteiger partial charge in [-0.3, -0.25) is 4.79 Å². The van der Waals surface area contributed by atoms with Crippen LogP contribution in [0.15, 0.2) is 0 Å². The average Bonchev–Trinajstić information content (AvgIpc) is 2.48. The van der Waals surface area contributed by atoms with E-state index >= 15 is 0 Å². The molecule has 2 unspecified atom stereocenters. The van der Waals surface area contributed by atoms with Gasteiger partial charge < -0.3 is 10.6 Å². The van der Waals surface area contributed by atoms with Gasteiger partial charge in [0, 0.05) is 18.6 Å². The zero-order valence-electron chi connectivity index (χ0n) is 14.1. The number of hydrogen-bond donors (Lipinski definition) is 1. The van der Waals surface area contributed by atoms with E-state index in [4.69, 9.17) is 5.73 Å². The fraction of sp³-hybridized carbons (Fsp3) is 0.944. The van der Waals surface area contributed by atoms with E-state index in [0.29, 0.717) is 11.3 Å². The maximum atomic E-state index is 12.9. The van der Waals surface area contributed by atoms with E-state index in [9.17, 15) is 4.79 Å². The first-order chi connectivity index (χ1) is 10.0. The van der Waals surface area contributed by atoms with Gasteiger partial charge in [-0.15, -0.1) is 12.4 Å². The lowest BCUT2D eigenvalue weighted by molar-refractivity contribution is -0.141. The summed E-state index contributed by atoms with van der Waals surface area (Å²) in [6, 6.07) is 0. The molecule has 0 radical (unpaired) electrons. The molecule has 2 aliphatic carbocycles. The Morgan fingerprint density at radius 3 is 2.14 bits per heavy atom. The van der Waals surface area contributed by atoms with Gasteiger partial charge in [0.2, 0.25) is 5.91 Å².